The van der Waals surface area contributed by atoms with Gasteiger partial charge in [0, 0.05) is 15.3 Å². The van der Waals surface area contributed by atoms with Crippen LogP contribution in [0.5, 0.6) is 11.5 Å². The van der Waals surface area contributed by atoms with E-state index >= 15 is 0 Å². The Balaban J connectivity index is 2.52. The van der Waals surface area contributed by atoms with Crippen LogP contribution in [0.25, 0.3) is 0 Å². The van der Waals surface area contributed by atoms with E-state index in [0.717, 1.165) is 12.1 Å². The first-order chi connectivity index (χ1) is 10.1. The van der Waals surface area contributed by atoms with E-state index in [2.05, 4.69) is 31.3 Å². The average Bonchev–Trinajstić information content (AvgIpc) is 2.91. The zero-order valence-corrected chi connectivity index (χ0v) is 14.3. The van der Waals surface area contributed by atoms with E-state index in [0.29, 0.717) is 16.5 Å². The molecule has 1 aromatic carbocycles. The van der Waals surface area contributed by atoms with E-state index < -0.39 is 0 Å². The quantitative estimate of drug-likeness (QED) is 0.852. The molecule has 21 heavy (non-hydrogen) atoms. The fourth-order valence-electron chi connectivity index (χ4n) is 2.32. The number of hydrogen-bond donors (Lipinski definition) is 1. The predicted octanol–water partition coefficient (Wildman–Crippen LogP) is 4.43. The molecular formula is C16H20ClNO2S. The SMILES string of the molecule is CCNC(c1ccc(C)s1)c1ccc(OC)c(Cl)c1OC. The van der Waals surface area contributed by atoms with Gasteiger partial charge in [-0.2, -0.15) is 0 Å². The maximum atomic E-state index is 6.38. The van der Waals surface area contributed by atoms with Crippen molar-refractivity contribution in [3.8, 4) is 11.5 Å². The molecule has 3 nitrogen and oxygen atoms in total. The van der Waals surface area contributed by atoms with Gasteiger partial charge in [0.2, 0.25) is 0 Å². The van der Waals surface area contributed by atoms with Gasteiger partial charge in [0.25, 0.3) is 0 Å². The van der Waals surface area contributed by atoms with Gasteiger partial charge in [-0.25, -0.2) is 0 Å². The van der Waals surface area contributed by atoms with Crippen LogP contribution < -0.4 is 14.8 Å². The van der Waals surface area contributed by atoms with E-state index in [9.17, 15) is 0 Å². The number of ether oxygens (including phenoxy) is 2. The summed E-state index contributed by atoms with van der Waals surface area (Å²) in [6, 6.07) is 8.22. The molecule has 5 heteroatoms. The van der Waals surface area contributed by atoms with Gasteiger partial charge < -0.3 is 14.8 Å². The molecule has 1 N–H and O–H groups in total. The summed E-state index contributed by atoms with van der Waals surface area (Å²) >= 11 is 8.15. The minimum absolute atomic E-state index is 0.0621. The van der Waals surface area contributed by atoms with Crippen LogP contribution in [0.4, 0.5) is 0 Å². The molecule has 0 saturated carbocycles. The first-order valence-electron chi connectivity index (χ1n) is 6.82. The number of nitrogens with one attached hydrogen (secondary N) is 1. The molecule has 1 aromatic heterocycles. The standard InChI is InChI=1S/C16H20ClNO2S/c1-5-18-15(13-9-6-10(2)21-13)11-7-8-12(19-3)14(17)16(11)20-4/h6-9,15,18H,5H2,1-4H3. The van der Waals surface area contributed by atoms with Crippen LogP contribution >= 0.6 is 22.9 Å². The molecule has 0 spiro atoms. The van der Waals surface area contributed by atoms with Crippen molar-refractivity contribution < 1.29 is 9.47 Å². The Morgan fingerprint density at radius 1 is 1.19 bits per heavy atom. The average molecular weight is 326 g/mol. The maximum Gasteiger partial charge on any atom is 0.146 e. The molecule has 0 aliphatic rings. The van der Waals surface area contributed by atoms with Crippen molar-refractivity contribution in [1.82, 2.24) is 5.32 Å². The van der Waals surface area contributed by atoms with Crippen molar-refractivity contribution in [1.29, 1.82) is 0 Å². The lowest BCUT2D eigenvalue weighted by Gasteiger charge is -2.21. The van der Waals surface area contributed by atoms with Crippen LogP contribution in [0.15, 0.2) is 24.3 Å². The zero-order valence-electron chi connectivity index (χ0n) is 12.7. The number of methoxy groups -OCH3 is 2. The second-order valence-electron chi connectivity index (χ2n) is 4.64. The molecular weight excluding hydrogens is 306 g/mol. The number of hydrogen-bond acceptors (Lipinski definition) is 4. The molecule has 1 atom stereocenters. The number of rotatable bonds is 6. The molecule has 0 aliphatic heterocycles. The Bertz CT molecular complexity index is 612. The van der Waals surface area contributed by atoms with Gasteiger partial charge in [-0.15, -0.1) is 11.3 Å². The summed E-state index contributed by atoms with van der Waals surface area (Å²) in [4.78, 5) is 2.53. The largest absolute Gasteiger partial charge is 0.495 e. The van der Waals surface area contributed by atoms with Crippen molar-refractivity contribution >= 4 is 22.9 Å². The molecule has 1 unspecified atom stereocenters. The van der Waals surface area contributed by atoms with Crippen LogP contribution in [-0.4, -0.2) is 20.8 Å². The van der Waals surface area contributed by atoms with Gasteiger partial charge in [-0.3, -0.25) is 0 Å². The van der Waals surface area contributed by atoms with Gasteiger partial charge in [0.1, 0.15) is 16.5 Å². The van der Waals surface area contributed by atoms with E-state index in [4.69, 9.17) is 21.1 Å². The summed E-state index contributed by atoms with van der Waals surface area (Å²) in [5.41, 5.74) is 1.02. The molecule has 114 valence electrons. The molecule has 0 fully saturated rings. The summed E-state index contributed by atoms with van der Waals surface area (Å²) in [6.07, 6.45) is 0. The van der Waals surface area contributed by atoms with Gasteiger partial charge in [0.15, 0.2) is 0 Å². The monoisotopic (exact) mass is 325 g/mol. The molecule has 2 rings (SSSR count). The lowest BCUT2D eigenvalue weighted by atomic mass is 10.0. The Kier molecular flexibility index (Phi) is 5.51. The fraction of sp³-hybridized carbons (Fsp3) is 0.375. The van der Waals surface area contributed by atoms with Crippen LogP contribution in [0.1, 0.15) is 28.3 Å². The summed E-state index contributed by atoms with van der Waals surface area (Å²) in [6.45, 7) is 5.05. The van der Waals surface area contributed by atoms with E-state index in [-0.39, 0.29) is 6.04 Å². The van der Waals surface area contributed by atoms with E-state index in [1.54, 1.807) is 25.6 Å². The summed E-state index contributed by atoms with van der Waals surface area (Å²) in [7, 11) is 3.23. The van der Waals surface area contributed by atoms with Crippen molar-refractivity contribution in [2.75, 3.05) is 20.8 Å². The molecule has 0 amide bonds. The highest BCUT2D eigenvalue weighted by atomic mass is 35.5. The van der Waals surface area contributed by atoms with Crippen LogP contribution in [0.3, 0.4) is 0 Å². The second kappa shape index (κ2) is 7.16. The third-order valence-electron chi connectivity index (χ3n) is 3.28. The highest BCUT2D eigenvalue weighted by molar-refractivity contribution is 7.12. The minimum atomic E-state index is 0.0621. The Morgan fingerprint density at radius 2 is 1.95 bits per heavy atom. The molecule has 1 heterocycles. The summed E-state index contributed by atoms with van der Waals surface area (Å²) in [5.74, 6) is 1.28. The van der Waals surface area contributed by atoms with Gasteiger partial charge in [0.05, 0.1) is 20.3 Å². The lowest BCUT2D eigenvalue weighted by molar-refractivity contribution is 0.388. The number of aryl methyl sites for hydroxylation is 1. The topological polar surface area (TPSA) is 30.5 Å². The normalized spacial score (nSPS) is 12.2. The van der Waals surface area contributed by atoms with E-state index in [1.165, 1.54) is 9.75 Å². The summed E-state index contributed by atoms with van der Waals surface area (Å²) in [5, 5.41) is 4.01. The summed E-state index contributed by atoms with van der Waals surface area (Å²) < 4.78 is 10.8. The Labute approximate surface area is 134 Å². The smallest absolute Gasteiger partial charge is 0.146 e. The van der Waals surface area contributed by atoms with Crippen molar-refractivity contribution in [3.05, 3.63) is 44.6 Å². The first kappa shape index (κ1) is 16.1. The minimum Gasteiger partial charge on any atom is -0.495 e. The second-order valence-corrected chi connectivity index (χ2v) is 6.34. The molecule has 0 radical (unpaired) electrons. The van der Waals surface area contributed by atoms with Crippen molar-refractivity contribution in [3.63, 3.8) is 0 Å². The van der Waals surface area contributed by atoms with Crippen molar-refractivity contribution in [2.24, 2.45) is 0 Å². The number of thiophene rings is 1. The molecule has 0 aliphatic carbocycles. The number of halogens is 1. The fourth-order valence-corrected chi connectivity index (χ4v) is 3.62. The van der Waals surface area contributed by atoms with Crippen LogP contribution in [0, 0.1) is 6.92 Å². The zero-order chi connectivity index (χ0) is 15.4. The lowest BCUT2D eigenvalue weighted by Crippen LogP contribution is -2.21. The Hall–Kier alpha value is -1.23. The maximum absolute atomic E-state index is 6.38. The number of benzene rings is 1. The molecule has 2 aromatic rings. The molecule has 0 bridgehead atoms. The van der Waals surface area contributed by atoms with Crippen LogP contribution in [-0.2, 0) is 0 Å². The van der Waals surface area contributed by atoms with Gasteiger partial charge >= 0.3 is 0 Å². The van der Waals surface area contributed by atoms with Gasteiger partial charge in [-0.05, 0) is 37.7 Å². The highest BCUT2D eigenvalue weighted by Crippen LogP contribution is 2.42. The van der Waals surface area contributed by atoms with Crippen LogP contribution in [0.2, 0.25) is 5.02 Å². The third kappa shape index (κ3) is 3.34. The third-order valence-corrected chi connectivity index (χ3v) is 4.70. The predicted molar refractivity (Wildman–Crippen MR) is 89.1 cm³/mol. The molecule has 0 saturated heterocycles. The van der Waals surface area contributed by atoms with Crippen molar-refractivity contribution in [2.45, 2.75) is 19.9 Å². The first-order valence-corrected chi connectivity index (χ1v) is 8.01. The van der Waals surface area contributed by atoms with E-state index in [1.807, 2.05) is 12.1 Å². The highest BCUT2D eigenvalue weighted by Gasteiger charge is 2.22. The Morgan fingerprint density at radius 3 is 2.48 bits per heavy atom. The van der Waals surface area contributed by atoms with Gasteiger partial charge in [-0.1, -0.05) is 18.5 Å².